The van der Waals surface area contributed by atoms with Gasteiger partial charge >= 0.3 is 0 Å². The van der Waals surface area contributed by atoms with Gasteiger partial charge in [-0.15, -0.1) is 0 Å². The molecule has 0 aliphatic carbocycles. The van der Waals surface area contributed by atoms with E-state index in [0.29, 0.717) is 0 Å². The first kappa shape index (κ1) is 15.2. The van der Waals surface area contributed by atoms with Crippen molar-refractivity contribution in [2.24, 2.45) is 0 Å². The Labute approximate surface area is 126 Å². The minimum atomic E-state index is -3.87. The SMILES string of the molecule is Cc1oc(CO)cc1S(=O)(=O)Nc1cccc(Cl)c1Cl. The molecule has 0 fully saturated rings. The normalized spacial score (nSPS) is 11.6. The van der Waals surface area contributed by atoms with Gasteiger partial charge in [-0.1, -0.05) is 29.3 Å². The minimum absolute atomic E-state index is 0.0578. The van der Waals surface area contributed by atoms with E-state index >= 15 is 0 Å². The lowest BCUT2D eigenvalue weighted by atomic mass is 10.3. The maximum atomic E-state index is 12.3. The number of hydrogen-bond acceptors (Lipinski definition) is 4. The fourth-order valence-corrected chi connectivity index (χ4v) is 3.33. The molecule has 0 saturated heterocycles. The third-order valence-corrected chi connectivity index (χ3v) is 4.86. The van der Waals surface area contributed by atoms with E-state index in [0.717, 1.165) is 0 Å². The molecule has 20 heavy (non-hydrogen) atoms. The van der Waals surface area contributed by atoms with Crippen LogP contribution in [0, 0.1) is 6.92 Å². The number of sulfonamides is 1. The molecule has 0 radical (unpaired) electrons. The van der Waals surface area contributed by atoms with Crippen LogP contribution in [0.1, 0.15) is 11.5 Å². The summed E-state index contributed by atoms with van der Waals surface area (Å²) in [6.07, 6.45) is 0. The molecule has 1 aromatic carbocycles. The van der Waals surface area contributed by atoms with Crippen molar-refractivity contribution in [1.29, 1.82) is 0 Å². The zero-order valence-corrected chi connectivity index (χ0v) is 12.7. The number of halogens is 2. The van der Waals surface area contributed by atoms with E-state index in [4.69, 9.17) is 32.7 Å². The Bertz CT molecular complexity index is 740. The average molecular weight is 336 g/mol. The van der Waals surface area contributed by atoms with Crippen molar-refractivity contribution in [3.63, 3.8) is 0 Å². The smallest absolute Gasteiger partial charge is 0.265 e. The Morgan fingerprint density at radius 2 is 2.05 bits per heavy atom. The van der Waals surface area contributed by atoms with E-state index in [1.807, 2.05) is 0 Å². The standard InChI is InChI=1S/C12H11Cl2NO4S/c1-7-11(5-8(6-16)19-7)20(17,18)15-10-4-2-3-9(13)12(10)14/h2-5,15-16H,6H2,1H3. The first-order chi connectivity index (χ1) is 9.35. The third-order valence-electron chi connectivity index (χ3n) is 2.56. The van der Waals surface area contributed by atoms with Crippen LogP contribution in [-0.4, -0.2) is 13.5 Å². The van der Waals surface area contributed by atoms with Gasteiger partial charge in [-0.3, -0.25) is 4.72 Å². The first-order valence-corrected chi connectivity index (χ1v) is 7.76. The van der Waals surface area contributed by atoms with Gasteiger partial charge in [-0.25, -0.2) is 8.42 Å². The lowest BCUT2D eigenvalue weighted by Crippen LogP contribution is -2.13. The van der Waals surface area contributed by atoms with Crippen molar-refractivity contribution in [3.8, 4) is 0 Å². The molecule has 0 atom stereocenters. The van der Waals surface area contributed by atoms with Crippen LogP contribution in [0.25, 0.3) is 0 Å². The number of hydrogen-bond donors (Lipinski definition) is 2. The van der Waals surface area contributed by atoms with Crippen molar-refractivity contribution < 1.29 is 17.9 Å². The number of aryl methyl sites for hydroxylation is 1. The zero-order chi connectivity index (χ0) is 14.9. The van der Waals surface area contributed by atoms with Crippen molar-refractivity contribution in [1.82, 2.24) is 0 Å². The van der Waals surface area contributed by atoms with Crippen LogP contribution in [0.2, 0.25) is 10.0 Å². The molecule has 0 amide bonds. The average Bonchev–Trinajstić information content (AvgIpc) is 2.77. The summed E-state index contributed by atoms with van der Waals surface area (Å²) >= 11 is 11.8. The Kier molecular flexibility index (Phi) is 4.29. The fraction of sp³-hybridized carbons (Fsp3) is 0.167. The summed E-state index contributed by atoms with van der Waals surface area (Å²) in [6.45, 7) is 1.11. The molecule has 1 heterocycles. The van der Waals surface area contributed by atoms with Crippen LogP contribution >= 0.6 is 23.2 Å². The highest BCUT2D eigenvalue weighted by atomic mass is 35.5. The lowest BCUT2D eigenvalue weighted by molar-refractivity contribution is 0.245. The number of rotatable bonds is 4. The summed E-state index contributed by atoms with van der Waals surface area (Å²) in [7, 11) is -3.87. The number of aliphatic hydroxyl groups excluding tert-OH is 1. The van der Waals surface area contributed by atoms with Gasteiger partial charge in [0.05, 0.1) is 15.7 Å². The number of nitrogens with one attached hydrogen (secondary N) is 1. The molecule has 8 heteroatoms. The number of furan rings is 1. The van der Waals surface area contributed by atoms with Crippen LogP contribution < -0.4 is 4.72 Å². The topological polar surface area (TPSA) is 79.5 Å². The second-order valence-corrected chi connectivity index (χ2v) is 6.43. The van der Waals surface area contributed by atoms with Crippen LogP contribution in [0.3, 0.4) is 0 Å². The predicted octanol–water partition coefficient (Wildman–Crippen LogP) is 3.19. The molecule has 0 unspecified atom stereocenters. The van der Waals surface area contributed by atoms with Gasteiger partial charge in [0.1, 0.15) is 23.0 Å². The van der Waals surface area contributed by atoms with Crippen LogP contribution in [0.4, 0.5) is 5.69 Å². The Morgan fingerprint density at radius 3 is 2.65 bits per heavy atom. The quantitative estimate of drug-likeness (QED) is 0.899. The summed E-state index contributed by atoms with van der Waals surface area (Å²) in [6, 6.07) is 5.88. The van der Waals surface area contributed by atoms with Crippen molar-refractivity contribution in [2.75, 3.05) is 4.72 Å². The predicted molar refractivity (Wildman–Crippen MR) is 76.6 cm³/mol. The van der Waals surface area contributed by atoms with Crippen LogP contribution in [0.5, 0.6) is 0 Å². The largest absolute Gasteiger partial charge is 0.462 e. The molecule has 5 nitrogen and oxygen atoms in total. The zero-order valence-electron chi connectivity index (χ0n) is 10.4. The Hall–Kier alpha value is -1.21. The van der Waals surface area contributed by atoms with Crippen molar-refractivity contribution in [2.45, 2.75) is 18.4 Å². The number of benzene rings is 1. The van der Waals surface area contributed by atoms with E-state index < -0.39 is 10.0 Å². The molecule has 2 rings (SSSR count). The molecule has 2 N–H and O–H groups in total. The molecule has 0 bridgehead atoms. The second kappa shape index (κ2) is 5.65. The van der Waals surface area contributed by atoms with E-state index in [2.05, 4.69) is 4.72 Å². The summed E-state index contributed by atoms with van der Waals surface area (Å²) in [4.78, 5) is -0.0578. The van der Waals surface area contributed by atoms with E-state index in [9.17, 15) is 8.42 Å². The first-order valence-electron chi connectivity index (χ1n) is 5.52. The lowest BCUT2D eigenvalue weighted by Gasteiger charge is -2.09. The van der Waals surface area contributed by atoms with Crippen molar-refractivity contribution in [3.05, 3.63) is 45.8 Å². The summed E-state index contributed by atoms with van der Waals surface area (Å²) < 4.78 is 32.0. The molecular weight excluding hydrogens is 325 g/mol. The summed E-state index contributed by atoms with van der Waals surface area (Å²) in [5.41, 5.74) is 0.172. The summed E-state index contributed by atoms with van der Waals surface area (Å²) in [5, 5.41) is 9.32. The van der Waals surface area contributed by atoms with Gasteiger partial charge in [0.25, 0.3) is 10.0 Å². The Morgan fingerprint density at radius 1 is 1.35 bits per heavy atom. The molecule has 0 aliphatic rings. The molecule has 0 aliphatic heterocycles. The van der Waals surface area contributed by atoms with Gasteiger partial charge in [0.2, 0.25) is 0 Å². The maximum absolute atomic E-state index is 12.3. The minimum Gasteiger partial charge on any atom is -0.462 e. The monoisotopic (exact) mass is 335 g/mol. The molecular formula is C12H11Cl2NO4S. The van der Waals surface area contributed by atoms with Gasteiger partial charge in [0.15, 0.2) is 0 Å². The second-order valence-electron chi connectivity index (χ2n) is 4.00. The highest BCUT2D eigenvalue weighted by Gasteiger charge is 2.22. The molecule has 2 aromatic rings. The van der Waals surface area contributed by atoms with Gasteiger partial charge in [0, 0.05) is 6.07 Å². The van der Waals surface area contributed by atoms with Gasteiger partial charge < -0.3 is 9.52 Å². The van der Waals surface area contributed by atoms with Gasteiger partial charge in [-0.2, -0.15) is 0 Å². The molecule has 1 aromatic heterocycles. The number of anilines is 1. The van der Waals surface area contributed by atoms with E-state index in [1.54, 1.807) is 12.1 Å². The maximum Gasteiger partial charge on any atom is 0.265 e. The van der Waals surface area contributed by atoms with Crippen LogP contribution in [0.15, 0.2) is 33.6 Å². The summed E-state index contributed by atoms with van der Waals surface area (Å²) in [5.74, 6) is 0.347. The fourth-order valence-electron chi connectivity index (χ4n) is 1.65. The van der Waals surface area contributed by atoms with Crippen molar-refractivity contribution >= 4 is 38.9 Å². The molecule has 108 valence electrons. The Balaban J connectivity index is 2.40. The highest BCUT2D eigenvalue weighted by molar-refractivity contribution is 7.92. The molecule has 0 saturated carbocycles. The van der Waals surface area contributed by atoms with E-state index in [1.165, 1.54) is 19.1 Å². The van der Waals surface area contributed by atoms with Crippen LogP contribution in [-0.2, 0) is 16.6 Å². The number of aliphatic hydroxyl groups is 1. The highest BCUT2D eigenvalue weighted by Crippen LogP contribution is 2.32. The van der Waals surface area contributed by atoms with Gasteiger partial charge in [-0.05, 0) is 19.1 Å². The third kappa shape index (κ3) is 2.93. The van der Waals surface area contributed by atoms with E-state index in [-0.39, 0.29) is 38.8 Å². The molecule has 0 spiro atoms.